The smallest absolute Gasteiger partial charge is 0.249 e. The fourth-order valence-electron chi connectivity index (χ4n) is 4.02. The van der Waals surface area contributed by atoms with Gasteiger partial charge >= 0.3 is 0 Å². The summed E-state index contributed by atoms with van der Waals surface area (Å²) in [5, 5.41) is 19.8. The van der Waals surface area contributed by atoms with Gasteiger partial charge in [0.1, 0.15) is 4.90 Å². The summed E-state index contributed by atoms with van der Waals surface area (Å²) in [6.07, 6.45) is 0.282. The minimum absolute atomic E-state index is 0.0567. The lowest BCUT2D eigenvalue weighted by atomic mass is 10.00. The van der Waals surface area contributed by atoms with E-state index in [4.69, 9.17) is 9.26 Å². The zero-order valence-electron chi connectivity index (χ0n) is 20.1. The average molecular weight is 532 g/mol. The van der Waals surface area contributed by atoms with Gasteiger partial charge in [-0.2, -0.15) is 4.31 Å². The molecular weight excluding hydrogens is 502 g/mol. The van der Waals surface area contributed by atoms with Gasteiger partial charge in [-0.1, -0.05) is 41.6 Å². The Morgan fingerprint density at radius 1 is 1.19 bits per heavy atom. The molecule has 3 heterocycles. The number of carbonyl (C=O) groups is 1. The highest BCUT2D eigenvalue weighted by atomic mass is 32.2. The largest absolute Gasteiger partial charge is 0.390 e. The van der Waals surface area contributed by atoms with Crippen molar-refractivity contribution in [2.24, 2.45) is 0 Å². The van der Waals surface area contributed by atoms with E-state index in [2.05, 4.69) is 10.5 Å². The number of sulfonamides is 1. The fraction of sp³-hybridized carbons (Fsp3) is 0.360. The summed E-state index contributed by atoms with van der Waals surface area (Å²) in [5.41, 5.74) is 2.27. The number of aromatic nitrogens is 1. The van der Waals surface area contributed by atoms with Crippen LogP contribution >= 0.6 is 11.3 Å². The molecule has 0 saturated carbocycles. The molecule has 36 heavy (non-hydrogen) atoms. The number of ether oxygens (including phenoxy) is 1. The van der Waals surface area contributed by atoms with Crippen LogP contribution in [0, 0.1) is 6.92 Å². The number of carbonyl (C=O) groups excluding carboxylic acids is 1. The highest BCUT2D eigenvalue weighted by molar-refractivity contribution is 7.89. The maximum Gasteiger partial charge on any atom is 0.249 e. The second-order valence-corrected chi connectivity index (χ2v) is 11.7. The van der Waals surface area contributed by atoms with E-state index in [-0.39, 0.29) is 36.3 Å². The first-order valence-electron chi connectivity index (χ1n) is 11.5. The van der Waals surface area contributed by atoms with Gasteiger partial charge in [0.2, 0.25) is 15.9 Å². The number of thiophene rings is 1. The Morgan fingerprint density at radius 2 is 1.97 bits per heavy atom. The van der Waals surface area contributed by atoms with Crippen molar-refractivity contribution in [1.82, 2.24) is 14.8 Å². The van der Waals surface area contributed by atoms with Gasteiger partial charge in [0.25, 0.3) is 0 Å². The molecule has 1 aromatic carbocycles. The zero-order valence-corrected chi connectivity index (χ0v) is 21.7. The molecular formula is C25H29N3O6S2. The molecule has 2 N–H and O–H groups in total. The molecule has 0 bridgehead atoms. The summed E-state index contributed by atoms with van der Waals surface area (Å²) >= 11 is 1.42. The lowest BCUT2D eigenvalue weighted by molar-refractivity contribution is -0.119. The van der Waals surface area contributed by atoms with Crippen LogP contribution < -0.4 is 5.32 Å². The summed E-state index contributed by atoms with van der Waals surface area (Å²) in [4.78, 5) is 13.8. The summed E-state index contributed by atoms with van der Waals surface area (Å²) in [6.45, 7) is 3.78. The van der Waals surface area contributed by atoms with Gasteiger partial charge in [0.05, 0.1) is 31.6 Å². The average Bonchev–Trinajstić information content (AvgIpc) is 3.61. The van der Waals surface area contributed by atoms with E-state index < -0.39 is 22.2 Å². The number of aliphatic hydroxyl groups is 1. The summed E-state index contributed by atoms with van der Waals surface area (Å²) in [7, 11) is -4.04. The first kappa shape index (κ1) is 26.2. The van der Waals surface area contributed by atoms with Gasteiger partial charge in [-0.15, -0.1) is 11.3 Å². The molecule has 4 rings (SSSR count). The Bertz CT molecular complexity index is 1300. The Labute approximate surface area is 214 Å². The van der Waals surface area contributed by atoms with E-state index in [1.54, 1.807) is 0 Å². The molecule has 1 amide bonds. The van der Waals surface area contributed by atoms with E-state index in [0.717, 1.165) is 22.2 Å². The number of amides is 1. The van der Waals surface area contributed by atoms with Crippen LogP contribution in [0.2, 0.25) is 0 Å². The molecule has 11 heteroatoms. The molecule has 0 unspecified atom stereocenters. The Kier molecular flexibility index (Phi) is 8.37. The van der Waals surface area contributed by atoms with Crippen molar-refractivity contribution in [2.75, 3.05) is 19.8 Å². The van der Waals surface area contributed by atoms with Crippen molar-refractivity contribution in [1.29, 1.82) is 0 Å². The molecule has 2 aromatic heterocycles. The van der Waals surface area contributed by atoms with E-state index in [0.29, 0.717) is 18.6 Å². The standard InChI is InChI=1S/C25H29N3O6S2/c1-17-15-33-16-21(17)25(30)27-22(11-19-7-4-3-5-8-19)23(29)14-28(13-20-9-6-10-35-20)36(31,32)24-12-26-34-18(24)2/h3-10,12,22-23,29H,11,13-16H2,1-2H3,(H,27,30)/t22-,23+/m0/s1. The third-order valence-electron chi connectivity index (χ3n) is 6.06. The Hall–Kier alpha value is -2.83. The van der Waals surface area contributed by atoms with Crippen LogP contribution in [-0.2, 0) is 32.5 Å². The van der Waals surface area contributed by atoms with Gasteiger partial charge in [-0.25, -0.2) is 8.42 Å². The van der Waals surface area contributed by atoms with Crippen molar-refractivity contribution < 1.29 is 27.6 Å². The number of rotatable bonds is 11. The molecule has 192 valence electrons. The number of hydrogen-bond donors (Lipinski definition) is 2. The monoisotopic (exact) mass is 531 g/mol. The van der Waals surface area contributed by atoms with Gasteiger partial charge < -0.3 is 19.7 Å². The number of aliphatic hydroxyl groups excluding tert-OH is 1. The summed E-state index contributed by atoms with van der Waals surface area (Å²) < 4.78 is 38.7. The molecule has 0 fully saturated rings. The third-order valence-corrected chi connectivity index (χ3v) is 8.83. The predicted octanol–water partition coefficient (Wildman–Crippen LogP) is 2.67. The second kappa shape index (κ2) is 11.5. The first-order chi connectivity index (χ1) is 17.3. The molecule has 1 aliphatic heterocycles. The lowest BCUT2D eigenvalue weighted by Gasteiger charge is -2.29. The van der Waals surface area contributed by atoms with Gasteiger partial charge in [0.15, 0.2) is 5.76 Å². The SMILES string of the molecule is CC1=C(C(=O)N[C@@H](Cc2ccccc2)[C@H](O)CN(Cc2cccs2)S(=O)(=O)c2cnoc2C)COC1. The van der Waals surface area contributed by atoms with Crippen LogP contribution in [0.5, 0.6) is 0 Å². The number of hydrogen-bond acceptors (Lipinski definition) is 8. The van der Waals surface area contributed by atoms with Crippen LogP contribution in [0.4, 0.5) is 0 Å². The second-order valence-electron chi connectivity index (χ2n) is 8.71. The quantitative estimate of drug-likeness (QED) is 0.390. The van der Waals surface area contributed by atoms with Crippen molar-refractivity contribution in [2.45, 2.75) is 43.9 Å². The number of benzene rings is 1. The van der Waals surface area contributed by atoms with Crippen molar-refractivity contribution >= 4 is 27.3 Å². The first-order valence-corrected chi connectivity index (χ1v) is 13.8. The molecule has 9 nitrogen and oxygen atoms in total. The van der Waals surface area contributed by atoms with Gasteiger partial charge in [0, 0.05) is 23.5 Å². The summed E-state index contributed by atoms with van der Waals surface area (Å²) in [6, 6.07) is 12.4. The minimum atomic E-state index is -4.04. The van der Waals surface area contributed by atoms with Crippen LogP contribution in [0.25, 0.3) is 0 Å². The van der Waals surface area contributed by atoms with E-state index in [1.165, 1.54) is 22.6 Å². The van der Waals surface area contributed by atoms with Crippen molar-refractivity contribution in [3.05, 3.63) is 81.4 Å². The predicted molar refractivity (Wildman–Crippen MR) is 135 cm³/mol. The topological polar surface area (TPSA) is 122 Å². The lowest BCUT2D eigenvalue weighted by Crippen LogP contribution is -2.50. The fourth-order valence-corrected chi connectivity index (χ4v) is 6.33. The van der Waals surface area contributed by atoms with E-state index >= 15 is 0 Å². The molecule has 1 aliphatic rings. The van der Waals surface area contributed by atoms with Crippen LogP contribution in [0.15, 0.2) is 74.6 Å². The van der Waals surface area contributed by atoms with E-state index in [1.807, 2.05) is 54.8 Å². The molecule has 3 aromatic rings. The van der Waals surface area contributed by atoms with Gasteiger partial charge in [-0.05, 0) is 42.9 Å². The highest BCUT2D eigenvalue weighted by Gasteiger charge is 2.34. The van der Waals surface area contributed by atoms with Gasteiger partial charge in [-0.3, -0.25) is 4.79 Å². The maximum atomic E-state index is 13.5. The van der Waals surface area contributed by atoms with Crippen LogP contribution in [-0.4, -0.2) is 60.8 Å². The maximum absolute atomic E-state index is 13.5. The van der Waals surface area contributed by atoms with Crippen molar-refractivity contribution in [3.63, 3.8) is 0 Å². The molecule has 0 saturated heterocycles. The number of nitrogens with one attached hydrogen (secondary N) is 1. The summed E-state index contributed by atoms with van der Waals surface area (Å²) in [5.74, 6) is -0.161. The van der Waals surface area contributed by atoms with E-state index in [9.17, 15) is 18.3 Å². The molecule has 2 atom stereocenters. The molecule has 0 radical (unpaired) electrons. The number of nitrogens with zero attached hydrogens (tertiary/aromatic N) is 2. The molecule has 0 aliphatic carbocycles. The Balaban J connectivity index is 1.61. The van der Waals surface area contributed by atoms with Crippen LogP contribution in [0.1, 0.15) is 23.1 Å². The number of aryl methyl sites for hydroxylation is 1. The third kappa shape index (κ3) is 6.11. The van der Waals surface area contributed by atoms with Crippen LogP contribution in [0.3, 0.4) is 0 Å². The highest BCUT2D eigenvalue weighted by Crippen LogP contribution is 2.24. The zero-order chi connectivity index (χ0) is 25.7. The van der Waals surface area contributed by atoms with Crippen molar-refractivity contribution in [3.8, 4) is 0 Å². The molecule has 0 spiro atoms. The normalized spacial score (nSPS) is 15.9. The minimum Gasteiger partial charge on any atom is -0.390 e. The Morgan fingerprint density at radius 3 is 2.58 bits per heavy atom.